The molecule has 6 heteroatoms. The van der Waals surface area contributed by atoms with Crippen LogP contribution >= 0.6 is 15.9 Å². The largest absolute Gasteiger partial charge is 0.478 e. The maximum absolute atomic E-state index is 13.0. The van der Waals surface area contributed by atoms with Gasteiger partial charge in [0.2, 0.25) is 0 Å². The Morgan fingerprint density at radius 3 is 2.84 bits per heavy atom. The van der Waals surface area contributed by atoms with E-state index in [1.165, 1.54) is 0 Å². The average molecular weight is 325 g/mol. The molecule has 1 aromatic heterocycles. The number of carbonyl (C=O) groups is 1. The molecule has 0 aliphatic heterocycles. The van der Waals surface area contributed by atoms with Crippen LogP contribution in [0.4, 0.5) is 15.9 Å². The predicted octanol–water partition coefficient (Wildman–Crippen LogP) is 3.73. The molecule has 4 nitrogen and oxygen atoms in total. The Labute approximate surface area is 117 Å². The Morgan fingerprint density at radius 2 is 2.16 bits per heavy atom. The molecular weight excluding hydrogens is 315 g/mol. The van der Waals surface area contributed by atoms with Crippen LogP contribution < -0.4 is 5.32 Å². The van der Waals surface area contributed by atoms with Crippen molar-refractivity contribution in [3.63, 3.8) is 0 Å². The van der Waals surface area contributed by atoms with Crippen molar-refractivity contribution in [2.75, 3.05) is 5.32 Å². The summed E-state index contributed by atoms with van der Waals surface area (Å²) in [4.78, 5) is 14.8. The molecule has 0 saturated heterocycles. The molecule has 0 fully saturated rings. The molecule has 2 N–H and O–H groups in total. The van der Waals surface area contributed by atoms with Crippen molar-refractivity contribution >= 4 is 33.4 Å². The van der Waals surface area contributed by atoms with Crippen LogP contribution in [0.5, 0.6) is 0 Å². The van der Waals surface area contributed by atoms with Crippen molar-refractivity contribution in [3.05, 3.63) is 51.9 Å². The number of rotatable bonds is 3. The summed E-state index contributed by atoms with van der Waals surface area (Å²) >= 11 is 3.33. The molecular formula is C13H10BrFN2O2. The molecule has 0 atom stereocenters. The van der Waals surface area contributed by atoms with Crippen LogP contribution in [-0.4, -0.2) is 16.1 Å². The molecule has 0 spiro atoms. The monoisotopic (exact) mass is 324 g/mol. The summed E-state index contributed by atoms with van der Waals surface area (Å²) in [6.45, 7) is 1.87. The molecule has 0 amide bonds. The fraction of sp³-hybridized carbons (Fsp3) is 0.0769. The number of hydrogen-bond acceptors (Lipinski definition) is 3. The van der Waals surface area contributed by atoms with Gasteiger partial charge < -0.3 is 10.4 Å². The fourth-order valence-electron chi connectivity index (χ4n) is 1.56. The van der Waals surface area contributed by atoms with Gasteiger partial charge in [-0.05, 0) is 30.7 Å². The average Bonchev–Trinajstić information content (AvgIpc) is 2.35. The van der Waals surface area contributed by atoms with Crippen LogP contribution in [0.2, 0.25) is 0 Å². The minimum atomic E-state index is -1.23. The topological polar surface area (TPSA) is 62.2 Å². The highest BCUT2D eigenvalue weighted by Gasteiger charge is 2.13. The van der Waals surface area contributed by atoms with E-state index in [2.05, 4.69) is 26.2 Å². The number of carboxylic acid groups (broad SMARTS) is 1. The molecule has 0 saturated carbocycles. The second-order valence-corrected chi connectivity index (χ2v) is 4.85. The Morgan fingerprint density at radius 1 is 1.42 bits per heavy atom. The van der Waals surface area contributed by atoms with Gasteiger partial charge >= 0.3 is 5.97 Å². The third kappa shape index (κ3) is 3.08. The van der Waals surface area contributed by atoms with Crippen molar-refractivity contribution in [2.24, 2.45) is 0 Å². The lowest BCUT2D eigenvalue weighted by Crippen LogP contribution is -2.06. The molecule has 19 heavy (non-hydrogen) atoms. The number of nitrogens with one attached hydrogen (secondary N) is 1. The Bertz CT molecular complexity index is 647. The zero-order valence-electron chi connectivity index (χ0n) is 9.95. The first-order valence-electron chi connectivity index (χ1n) is 5.39. The van der Waals surface area contributed by atoms with E-state index < -0.39 is 11.8 Å². The van der Waals surface area contributed by atoms with Crippen molar-refractivity contribution in [2.45, 2.75) is 6.92 Å². The summed E-state index contributed by atoms with van der Waals surface area (Å²) in [6, 6.07) is 6.48. The lowest BCUT2D eigenvalue weighted by atomic mass is 10.2. The highest BCUT2D eigenvalue weighted by atomic mass is 79.9. The summed E-state index contributed by atoms with van der Waals surface area (Å²) in [7, 11) is 0. The van der Waals surface area contributed by atoms with Gasteiger partial charge in [-0.15, -0.1) is 0 Å². The quantitative estimate of drug-likeness (QED) is 0.902. The van der Waals surface area contributed by atoms with E-state index in [4.69, 9.17) is 5.11 Å². The molecule has 98 valence electrons. The Hall–Kier alpha value is -1.95. The molecule has 0 bridgehead atoms. The molecule has 2 rings (SSSR count). The van der Waals surface area contributed by atoms with Gasteiger partial charge in [-0.25, -0.2) is 14.2 Å². The number of aryl methyl sites for hydroxylation is 1. The summed E-state index contributed by atoms with van der Waals surface area (Å²) in [5.41, 5.74) is 1.42. The number of pyridine rings is 1. The summed E-state index contributed by atoms with van der Waals surface area (Å²) in [5, 5.41) is 11.9. The van der Waals surface area contributed by atoms with E-state index in [0.717, 1.165) is 22.3 Å². The van der Waals surface area contributed by atoms with Crippen LogP contribution in [0, 0.1) is 12.7 Å². The SMILES string of the molecule is Cc1ccc(Br)cc1Nc1ncc(F)cc1C(=O)O. The van der Waals surface area contributed by atoms with E-state index in [1.54, 1.807) is 6.07 Å². The molecule has 2 aromatic rings. The number of hydrogen-bond donors (Lipinski definition) is 2. The Kier molecular flexibility index (Phi) is 3.80. The second-order valence-electron chi connectivity index (χ2n) is 3.94. The number of aromatic carboxylic acids is 1. The van der Waals surface area contributed by atoms with Crippen LogP contribution in [0.15, 0.2) is 34.9 Å². The van der Waals surface area contributed by atoms with Gasteiger partial charge in [-0.3, -0.25) is 0 Å². The first-order valence-corrected chi connectivity index (χ1v) is 6.18. The van der Waals surface area contributed by atoms with Crippen LogP contribution in [0.25, 0.3) is 0 Å². The minimum absolute atomic E-state index is 0.107. The third-order valence-electron chi connectivity index (χ3n) is 2.54. The Balaban J connectivity index is 2.43. The zero-order chi connectivity index (χ0) is 14.0. The highest BCUT2D eigenvalue weighted by molar-refractivity contribution is 9.10. The van der Waals surface area contributed by atoms with Gasteiger partial charge in [-0.1, -0.05) is 22.0 Å². The lowest BCUT2D eigenvalue weighted by Gasteiger charge is -2.11. The molecule has 0 radical (unpaired) electrons. The number of carboxylic acids is 1. The van der Waals surface area contributed by atoms with Gasteiger partial charge in [0.15, 0.2) is 0 Å². The van der Waals surface area contributed by atoms with Crippen molar-refractivity contribution in [3.8, 4) is 0 Å². The van der Waals surface area contributed by atoms with Crippen LogP contribution in [-0.2, 0) is 0 Å². The summed E-state index contributed by atoms with van der Waals surface area (Å²) in [6.07, 6.45) is 0.974. The molecule has 1 aromatic carbocycles. The molecule has 0 aliphatic carbocycles. The fourth-order valence-corrected chi connectivity index (χ4v) is 1.92. The predicted molar refractivity (Wildman–Crippen MR) is 73.3 cm³/mol. The van der Waals surface area contributed by atoms with E-state index in [-0.39, 0.29) is 11.4 Å². The van der Waals surface area contributed by atoms with Gasteiger partial charge in [0.25, 0.3) is 0 Å². The van der Waals surface area contributed by atoms with Crippen molar-refractivity contribution in [1.82, 2.24) is 4.98 Å². The van der Waals surface area contributed by atoms with E-state index >= 15 is 0 Å². The highest BCUT2D eigenvalue weighted by Crippen LogP contribution is 2.25. The maximum Gasteiger partial charge on any atom is 0.339 e. The number of nitrogens with zero attached hydrogens (tertiary/aromatic N) is 1. The van der Waals surface area contributed by atoms with Gasteiger partial charge in [0.05, 0.1) is 6.20 Å². The lowest BCUT2D eigenvalue weighted by molar-refractivity contribution is 0.0697. The first-order chi connectivity index (χ1) is 8.97. The van der Waals surface area contributed by atoms with Crippen LogP contribution in [0.3, 0.4) is 0 Å². The van der Waals surface area contributed by atoms with Crippen molar-refractivity contribution < 1.29 is 14.3 Å². The normalized spacial score (nSPS) is 10.3. The number of benzene rings is 1. The maximum atomic E-state index is 13.0. The number of halogens is 2. The molecule has 1 heterocycles. The standard InChI is InChI=1S/C13H10BrFN2O2/c1-7-2-3-8(14)4-11(7)17-12-10(13(18)19)5-9(15)6-16-12/h2-6H,1H3,(H,16,17)(H,18,19). The van der Waals surface area contributed by atoms with Gasteiger partial charge in [-0.2, -0.15) is 0 Å². The van der Waals surface area contributed by atoms with E-state index in [1.807, 2.05) is 19.1 Å². The van der Waals surface area contributed by atoms with E-state index in [0.29, 0.717) is 5.69 Å². The van der Waals surface area contributed by atoms with Crippen molar-refractivity contribution in [1.29, 1.82) is 0 Å². The third-order valence-corrected chi connectivity index (χ3v) is 3.03. The molecule has 0 unspecified atom stereocenters. The number of anilines is 2. The first kappa shape index (κ1) is 13.5. The van der Waals surface area contributed by atoms with Gasteiger partial charge in [0.1, 0.15) is 17.2 Å². The van der Waals surface area contributed by atoms with Gasteiger partial charge in [0, 0.05) is 10.2 Å². The minimum Gasteiger partial charge on any atom is -0.478 e. The summed E-state index contributed by atoms with van der Waals surface area (Å²) in [5.74, 6) is -1.81. The smallest absolute Gasteiger partial charge is 0.339 e. The zero-order valence-corrected chi connectivity index (χ0v) is 11.5. The molecule has 0 aliphatic rings. The summed E-state index contributed by atoms with van der Waals surface area (Å²) < 4.78 is 13.9. The second kappa shape index (κ2) is 5.36. The van der Waals surface area contributed by atoms with Crippen LogP contribution in [0.1, 0.15) is 15.9 Å². The number of aromatic nitrogens is 1. The van der Waals surface area contributed by atoms with E-state index in [9.17, 15) is 9.18 Å².